The van der Waals surface area contributed by atoms with E-state index in [0.29, 0.717) is 5.56 Å². The number of carbonyl (C=O) groups is 3. The fourth-order valence-electron chi connectivity index (χ4n) is 3.47. The maximum absolute atomic E-state index is 14.5. The molecule has 2 N–H and O–H groups in total. The zero-order valence-corrected chi connectivity index (χ0v) is 18.1. The Labute approximate surface area is 192 Å². The van der Waals surface area contributed by atoms with E-state index in [1.165, 1.54) is 29.2 Å². The molecule has 3 amide bonds. The van der Waals surface area contributed by atoms with Gasteiger partial charge in [0.05, 0.1) is 5.02 Å². The van der Waals surface area contributed by atoms with Crippen LogP contribution in [0, 0.1) is 5.82 Å². The molecule has 0 spiro atoms. The van der Waals surface area contributed by atoms with Crippen LogP contribution in [-0.4, -0.2) is 40.2 Å². The minimum atomic E-state index is -2.64. The summed E-state index contributed by atoms with van der Waals surface area (Å²) in [6.07, 6.45) is -1.59. The normalized spacial score (nSPS) is 16.5. The topological polar surface area (TPSA) is 96.6 Å². The van der Waals surface area contributed by atoms with Gasteiger partial charge in [-0.1, -0.05) is 42.4 Å². The third kappa shape index (κ3) is 5.51. The number of amides is 3. The Morgan fingerprint density at radius 2 is 1.91 bits per heavy atom. The molecule has 2 aromatic rings. The minimum Gasteiger partial charge on any atom is -0.370 e. The minimum absolute atomic E-state index is 0.0170. The van der Waals surface area contributed by atoms with E-state index in [1.807, 2.05) is 0 Å². The van der Waals surface area contributed by atoms with Crippen LogP contribution < -0.4 is 10.6 Å². The van der Waals surface area contributed by atoms with Crippen molar-refractivity contribution in [3.05, 3.63) is 70.6 Å². The van der Waals surface area contributed by atoms with Crippen LogP contribution in [0.1, 0.15) is 30.4 Å². The average Bonchev–Trinajstić information content (AvgIpc) is 2.75. The van der Waals surface area contributed by atoms with Crippen LogP contribution in [0.25, 0.3) is 0 Å². The third-order valence-corrected chi connectivity index (χ3v) is 5.34. The van der Waals surface area contributed by atoms with E-state index in [9.17, 15) is 27.6 Å². The molecule has 1 aliphatic rings. The number of nitrogens with zero attached hydrogens (tertiary/aromatic N) is 3. The molecule has 0 saturated carbocycles. The third-order valence-electron chi connectivity index (χ3n) is 5.13. The summed E-state index contributed by atoms with van der Waals surface area (Å²) in [5.41, 5.74) is 5.73. The molecule has 1 unspecified atom stereocenters. The summed E-state index contributed by atoms with van der Waals surface area (Å²) in [6, 6.07) is 5.04. The number of benzene rings is 1. The number of hydrogen-bond donors (Lipinski definition) is 1. The Kier molecular flexibility index (Phi) is 7.37. The van der Waals surface area contributed by atoms with Crippen LogP contribution in [0.2, 0.25) is 5.02 Å². The maximum Gasteiger partial charge on any atom is 0.263 e. The summed E-state index contributed by atoms with van der Waals surface area (Å²) >= 11 is 5.73. The fourth-order valence-corrected chi connectivity index (χ4v) is 3.62. The molecule has 33 heavy (non-hydrogen) atoms. The van der Waals surface area contributed by atoms with Gasteiger partial charge in [0.1, 0.15) is 12.6 Å². The van der Waals surface area contributed by atoms with Crippen LogP contribution >= 0.6 is 11.6 Å². The number of hydrogen-bond acceptors (Lipinski definition) is 4. The van der Waals surface area contributed by atoms with E-state index in [4.69, 9.17) is 17.3 Å². The summed E-state index contributed by atoms with van der Waals surface area (Å²) in [5.74, 6) is -3.11. The van der Waals surface area contributed by atoms with Gasteiger partial charge in [-0.25, -0.2) is 18.2 Å². The molecule has 174 valence electrons. The number of anilines is 1. The zero-order chi connectivity index (χ0) is 24.3. The first-order valence-corrected chi connectivity index (χ1v) is 10.2. The van der Waals surface area contributed by atoms with Crippen LogP contribution in [0.15, 0.2) is 48.7 Å². The largest absolute Gasteiger partial charge is 0.370 e. The first kappa shape index (κ1) is 24.2. The van der Waals surface area contributed by atoms with Crippen molar-refractivity contribution in [2.24, 2.45) is 5.73 Å². The van der Waals surface area contributed by atoms with Crippen molar-refractivity contribution in [2.75, 3.05) is 11.4 Å². The predicted molar refractivity (Wildman–Crippen MR) is 115 cm³/mol. The van der Waals surface area contributed by atoms with Crippen molar-refractivity contribution in [2.45, 2.75) is 31.9 Å². The first-order valence-electron chi connectivity index (χ1n) is 9.83. The molecule has 1 aromatic heterocycles. The number of pyridine rings is 1. The summed E-state index contributed by atoms with van der Waals surface area (Å²) in [4.78, 5) is 43.6. The molecular weight excluding hydrogens is 461 g/mol. The lowest BCUT2D eigenvalue weighted by atomic mass is 9.97. The predicted octanol–water partition coefficient (Wildman–Crippen LogP) is 3.38. The van der Waals surface area contributed by atoms with E-state index >= 15 is 0 Å². The standard InChI is InChI=1S/C22H20ClF3N4O3/c1-12(2-7-17(27)31)19-22(33)30(21-16(24)8-15(23)9-28-21)11-18(32)29(19)10-13-3-5-14(6-4-13)20(25)26/h3-6,8-9,19-20H,1-2,7,10-11H2,(H2,27,31). The summed E-state index contributed by atoms with van der Waals surface area (Å²) < 4.78 is 40.1. The average molecular weight is 481 g/mol. The molecule has 11 heteroatoms. The number of aromatic nitrogens is 1. The van der Waals surface area contributed by atoms with Crippen molar-refractivity contribution in [3.8, 4) is 0 Å². The van der Waals surface area contributed by atoms with E-state index in [2.05, 4.69) is 11.6 Å². The van der Waals surface area contributed by atoms with Gasteiger partial charge in [0.2, 0.25) is 11.8 Å². The lowest BCUT2D eigenvalue weighted by Gasteiger charge is -2.40. The van der Waals surface area contributed by atoms with E-state index in [0.717, 1.165) is 17.2 Å². The molecule has 7 nitrogen and oxygen atoms in total. The molecule has 1 atom stereocenters. The number of halogens is 4. The monoisotopic (exact) mass is 480 g/mol. The highest BCUT2D eigenvalue weighted by Crippen LogP contribution is 2.29. The molecule has 3 rings (SSSR count). The van der Waals surface area contributed by atoms with Crippen molar-refractivity contribution >= 4 is 35.1 Å². The number of carbonyl (C=O) groups excluding carboxylic acids is 3. The van der Waals surface area contributed by atoms with Crippen molar-refractivity contribution < 1.29 is 27.6 Å². The van der Waals surface area contributed by atoms with Gasteiger partial charge >= 0.3 is 0 Å². The highest BCUT2D eigenvalue weighted by atomic mass is 35.5. The number of primary amides is 1. The molecular formula is C22H20ClF3N4O3. The Bertz CT molecular complexity index is 1090. The Hall–Kier alpha value is -3.40. The number of piperazine rings is 1. The van der Waals surface area contributed by atoms with Gasteiger partial charge in [-0.3, -0.25) is 19.3 Å². The van der Waals surface area contributed by atoms with Crippen molar-refractivity contribution in [3.63, 3.8) is 0 Å². The highest BCUT2D eigenvalue weighted by molar-refractivity contribution is 6.30. The molecule has 0 aliphatic carbocycles. The fraction of sp³-hybridized carbons (Fsp3) is 0.273. The van der Waals surface area contributed by atoms with Crippen LogP contribution in [-0.2, 0) is 20.9 Å². The van der Waals surface area contributed by atoms with Crippen molar-refractivity contribution in [1.29, 1.82) is 0 Å². The number of nitrogens with two attached hydrogens (primary N) is 1. The molecule has 1 saturated heterocycles. The highest BCUT2D eigenvalue weighted by Gasteiger charge is 2.42. The van der Waals surface area contributed by atoms with Gasteiger partial charge in [-0.15, -0.1) is 0 Å². The quantitative estimate of drug-likeness (QED) is 0.586. The first-order chi connectivity index (χ1) is 15.6. The zero-order valence-electron chi connectivity index (χ0n) is 17.3. The number of alkyl halides is 2. The summed E-state index contributed by atoms with van der Waals surface area (Å²) in [7, 11) is 0. The lowest BCUT2D eigenvalue weighted by Crippen LogP contribution is -2.60. The SMILES string of the molecule is C=C(CCC(N)=O)C1C(=O)N(c2ncc(Cl)cc2F)CC(=O)N1Cc1ccc(C(F)F)cc1. The molecule has 1 aromatic carbocycles. The van der Waals surface area contributed by atoms with Crippen LogP contribution in [0.3, 0.4) is 0 Å². The van der Waals surface area contributed by atoms with Gasteiger partial charge in [-0.05, 0) is 23.6 Å². The molecule has 1 fully saturated rings. The molecule has 1 aliphatic heterocycles. The summed E-state index contributed by atoms with van der Waals surface area (Å²) in [5, 5.41) is 0.0170. The van der Waals surface area contributed by atoms with E-state index in [1.54, 1.807) is 0 Å². The molecule has 2 heterocycles. The molecule has 0 radical (unpaired) electrons. The lowest BCUT2D eigenvalue weighted by molar-refractivity contribution is -0.142. The number of rotatable bonds is 8. The Morgan fingerprint density at radius 3 is 2.48 bits per heavy atom. The second kappa shape index (κ2) is 10.0. The van der Waals surface area contributed by atoms with Gasteiger partial charge in [0.25, 0.3) is 12.3 Å². The Morgan fingerprint density at radius 1 is 1.24 bits per heavy atom. The molecule has 0 bridgehead atoms. The van der Waals surface area contributed by atoms with Crippen molar-refractivity contribution in [1.82, 2.24) is 9.88 Å². The van der Waals surface area contributed by atoms with E-state index < -0.39 is 42.6 Å². The van der Waals surface area contributed by atoms with E-state index in [-0.39, 0.29) is 41.4 Å². The van der Waals surface area contributed by atoms with Gasteiger partial charge < -0.3 is 10.6 Å². The Balaban J connectivity index is 1.94. The smallest absolute Gasteiger partial charge is 0.263 e. The maximum atomic E-state index is 14.5. The summed E-state index contributed by atoms with van der Waals surface area (Å²) in [6.45, 7) is 3.26. The van der Waals surface area contributed by atoms with Gasteiger partial charge in [0.15, 0.2) is 11.6 Å². The second-order valence-corrected chi connectivity index (χ2v) is 7.91. The van der Waals surface area contributed by atoms with Gasteiger partial charge in [0, 0.05) is 24.7 Å². The van der Waals surface area contributed by atoms with Crippen LogP contribution in [0.4, 0.5) is 19.0 Å². The van der Waals surface area contributed by atoms with Crippen LogP contribution in [0.5, 0.6) is 0 Å². The van der Waals surface area contributed by atoms with Gasteiger partial charge in [-0.2, -0.15) is 0 Å². The second-order valence-electron chi connectivity index (χ2n) is 7.47.